The van der Waals surface area contributed by atoms with E-state index < -0.39 is 0 Å². The SMILES string of the molecule is CC1C(NC(=O)c2cc3sc(N(C(C)C)C(C)C)cc3cn2)C2CCN1CC2. The zero-order chi connectivity index (χ0) is 20.0. The summed E-state index contributed by atoms with van der Waals surface area (Å²) in [5.74, 6) is 0.568. The second kappa shape index (κ2) is 7.64. The van der Waals surface area contributed by atoms with Crippen LogP contribution in [0.15, 0.2) is 18.3 Å². The maximum atomic E-state index is 12.9. The molecule has 152 valence electrons. The van der Waals surface area contributed by atoms with Crippen molar-refractivity contribution in [2.45, 2.75) is 71.6 Å². The Labute approximate surface area is 172 Å². The Morgan fingerprint density at radius 3 is 2.50 bits per heavy atom. The minimum atomic E-state index is -0.0352. The predicted octanol–water partition coefficient (Wildman–Crippen LogP) is 4.13. The molecule has 0 radical (unpaired) electrons. The highest BCUT2D eigenvalue weighted by Gasteiger charge is 2.40. The van der Waals surface area contributed by atoms with Crippen LogP contribution in [0.3, 0.4) is 0 Å². The molecule has 0 saturated carbocycles. The molecule has 0 aliphatic carbocycles. The number of piperidine rings is 3. The van der Waals surface area contributed by atoms with Crippen LogP contribution in [0.25, 0.3) is 10.1 Å². The molecule has 3 fully saturated rings. The maximum absolute atomic E-state index is 12.9. The number of nitrogens with zero attached hydrogens (tertiary/aromatic N) is 3. The predicted molar refractivity (Wildman–Crippen MR) is 117 cm³/mol. The van der Waals surface area contributed by atoms with Gasteiger partial charge in [-0.2, -0.15) is 0 Å². The summed E-state index contributed by atoms with van der Waals surface area (Å²) in [6.45, 7) is 13.5. The van der Waals surface area contributed by atoms with Gasteiger partial charge in [0.15, 0.2) is 0 Å². The van der Waals surface area contributed by atoms with E-state index >= 15 is 0 Å². The molecule has 3 aliphatic heterocycles. The Balaban J connectivity index is 1.55. The fourth-order valence-corrected chi connectivity index (χ4v) is 6.38. The number of carbonyl (C=O) groups excluding carboxylic acids is 1. The molecule has 0 aromatic carbocycles. The number of hydrogen-bond donors (Lipinski definition) is 1. The second-order valence-corrected chi connectivity index (χ2v) is 9.96. The van der Waals surface area contributed by atoms with Crippen molar-refractivity contribution in [3.05, 3.63) is 24.0 Å². The molecular formula is C22H32N4OS. The number of amides is 1. The Bertz CT molecular complexity index is 843. The van der Waals surface area contributed by atoms with Crippen LogP contribution in [0.1, 0.15) is 57.9 Å². The van der Waals surface area contributed by atoms with Gasteiger partial charge in [0.2, 0.25) is 0 Å². The number of fused-ring (bicyclic) bond motifs is 4. The maximum Gasteiger partial charge on any atom is 0.270 e. The lowest BCUT2D eigenvalue weighted by molar-refractivity contribution is 0.0216. The Kier molecular flexibility index (Phi) is 5.36. The molecule has 1 N–H and O–H groups in total. The highest BCUT2D eigenvalue weighted by Crippen LogP contribution is 2.35. The molecule has 2 atom stereocenters. The number of anilines is 1. The third-order valence-electron chi connectivity index (χ3n) is 6.46. The normalized spacial score (nSPS) is 27.0. The highest BCUT2D eigenvalue weighted by molar-refractivity contribution is 7.22. The first kappa shape index (κ1) is 19.6. The van der Waals surface area contributed by atoms with Gasteiger partial charge in [-0.05, 0) is 78.6 Å². The van der Waals surface area contributed by atoms with Crippen molar-refractivity contribution >= 4 is 32.3 Å². The number of thiophene rings is 1. The lowest BCUT2D eigenvalue weighted by Crippen LogP contribution is -2.62. The standard InChI is InChI=1S/C22H32N4OS/c1-13(2)26(14(3)4)20-10-17-12-23-18(11-19(17)28-20)22(27)24-21-15(5)25-8-6-16(21)7-9-25/h10-16,21H,6-9H2,1-5H3,(H,24,27). The van der Waals surface area contributed by atoms with Gasteiger partial charge in [-0.3, -0.25) is 14.7 Å². The number of rotatable bonds is 5. The van der Waals surface area contributed by atoms with E-state index in [1.807, 2.05) is 12.3 Å². The van der Waals surface area contributed by atoms with Gasteiger partial charge in [-0.15, -0.1) is 11.3 Å². The molecule has 2 bridgehead atoms. The van der Waals surface area contributed by atoms with Crippen LogP contribution in [-0.2, 0) is 0 Å². The molecule has 1 amide bonds. The minimum absolute atomic E-state index is 0.0352. The quantitative estimate of drug-likeness (QED) is 0.820. The van der Waals surface area contributed by atoms with Crippen molar-refractivity contribution in [3.63, 3.8) is 0 Å². The van der Waals surface area contributed by atoms with E-state index in [-0.39, 0.29) is 11.9 Å². The van der Waals surface area contributed by atoms with Gasteiger partial charge in [0.1, 0.15) is 5.69 Å². The summed E-state index contributed by atoms with van der Waals surface area (Å²) in [7, 11) is 0. The first-order chi connectivity index (χ1) is 13.3. The van der Waals surface area contributed by atoms with Crippen LogP contribution in [0.2, 0.25) is 0 Å². The molecular weight excluding hydrogens is 368 g/mol. The summed E-state index contributed by atoms with van der Waals surface area (Å²) in [6.07, 6.45) is 4.23. The summed E-state index contributed by atoms with van der Waals surface area (Å²) in [6, 6.07) is 5.68. The first-order valence-corrected chi connectivity index (χ1v) is 11.4. The highest BCUT2D eigenvalue weighted by atomic mass is 32.1. The van der Waals surface area contributed by atoms with Crippen molar-refractivity contribution < 1.29 is 4.79 Å². The number of nitrogens with one attached hydrogen (secondary N) is 1. The third-order valence-corrected chi connectivity index (χ3v) is 7.58. The average molecular weight is 401 g/mol. The third kappa shape index (κ3) is 3.52. The minimum Gasteiger partial charge on any atom is -0.359 e. The smallest absolute Gasteiger partial charge is 0.270 e. The lowest BCUT2D eigenvalue weighted by Gasteiger charge is -2.49. The van der Waals surface area contributed by atoms with Crippen LogP contribution in [0, 0.1) is 5.92 Å². The number of hydrogen-bond acceptors (Lipinski definition) is 5. The van der Waals surface area contributed by atoms with Gasteiger partial charge < -0.3 is 10.2 Å². The van der Waals surface area contributed by atoms with E-state index in [0.29, 0.717) is 29.7 Å². The van der Waals surface area contributed by atoms with Gasteiger partial charge in [0, 0.05) is 40.5 Å². The lowest BCUT2D eigenvalue weighted by atomic mass is 9.79. The molecule has 0 spiro atoms. The molecule has 5 nitrogen and oxygen atoms in total. The number of pyridine rings is 1. The van der Waals surface area contributed by atoms with E-state index in [0.717, 1.165) is 10.1 Å². The monoisotopic (exact) mass is 400 g/mol. The van der Waals surface area contributed by atoms with E-state index in [1.165, 1.54) is 30.9 Å². The molecule has 5 heterocycles. The van der Waals surface area contributed by atoms with Crippen molar-refractivity contribution in [1.29, 1.82) is 0 Å². The van der Waals surface area contributed by atoms with Gasteiger partial charge in [-0.25, -0.2) is 0 Å². The molecule has 28 heavy (non-hydrogen) atoms. The zero-order valence-corrected chi connectivity index (χ0v) is 18.4. The Hall–Kier alpha value is -1.66. The Morgan fingerprint density at radius 1 is 1.21 bits per heavy atom. The first-order valence-electron chi connectivity index (χ1n) is 10.6. The average Bonchev–Trinajstić information content (AvgIpc) is 3.06. The zero-order valence-electron chi connectivity index (χ0n) is 17.6. The van der Waals surface area contributed by atoms with Gasteiger partial charge >= 0.3 is 0 Å². The number of aromatic nitrogens is 1. The van der Waals surface area contributed by atoms with E-state index in [4.69, 9.17) is 0 Å². The summed E-state index contributed by atoms with van der Waals surface area (Å²) in [5.41, 5.74) is 0.533. The van der Waals surface area contributed by atoms with Crippen molar-refractivity contribution in [3.8, 4) is 0 Å². The van der Waals surface area contributed by atoms with Crippen LogP contribution < -0.4 is 10.2 Å². The summed E-state index contributed by atoms with van der Waals surface area (Å²) >= 11 is 1.75. The summed E-state index contributed by atoms with van der Waals surface area (Å²) in [4.78, 5) is 22.3. The second-order valence-electron chi connectivity index (χ2n) is 8.90. The molecule has 2 aromatic rings. The molecule has 3 saturated heterocycles. The van der Waals surface area contributed by atoms with Crippen LogP contribution in [0.4, 0.5) is 5.00 Å². The van der Waals surface area contributed by atoms with E-state index in [2.05, 4.69) is 60.8 Å². The molecule has 2 unspecified atom stereocenters. The Morgan fingerprint density at radius 2 is 1.89 bits per heavy atom. The van der Waals surface area contributed by atoms with E-state index in [1.54, 1.807) is 11.3 Å². The van der Waals surface area contributed by atoms with Crippen LogP contribution in [-0.4, -0.2) is 53.0 Å². The van der Waals surface area contributed by atoms with Crippen LogP contribution in [0.5, 0.6) is 0 Å². The summed E-state index contributed by atoms with van der Waals surface area (Å²) in [5, 5.41) is 5.65. The topological polar surface area (TPSA) is 48.5 Å². The van der Waals surface area contributed by atoms with E-state index in [9.17, 15) is 4.79 Å². The van der Waals surface area contributed by atoms with Gasteiger partial charge in [0.25, 0.3) is 5.91 Å². The van der Waals surface area contributed by atoms with Crippen LogP contribution >= 0.6 is 11.3 Å². The molecule has 3 aliphatic rings. The number of carbonyl (C=O) groups is 1. The molecule has 5 rings (SSSR count). The van der Waals surface area contributed by atoms with Crippen molar-refractivity contribution in [2.75, 3.05) is 18.0 Å². The summed E-state index contributed by atoms with van der Waals surface area (Å²) < 4.78 is 1.13. The van der Waals surface area contributed by atoms with Crippen molar-refractivity contribution in [1.82, 2.24) is 15.2 Å². The van der Waals surface area contributed by atoms with Gasteiger partial charge in [-0.1, -0.05) is 0 Å². The molecule has 2 aromatic heterocycles. The fourth-order valence-electron chi connectivity index (χ4n) is 5.05. The largest absolute Gasteiger partial charge is 0.359 e. The van der Waals surface area contributed by atoms with Gasteiger partial charge in [0.05, 0.1) is 5.00 Å². The fraction of sp³-hybridized carbons (Fsp3) is 0.636. The van der Waals surface area contributed by atoms with Crippen molar-refractivity contribution in [2.24, 2.45) is 5.92 Å². The molecule has 6 heteroatoms.